The second-order valence-corrected chi connectivity index (χ2v) is 9.83. The first-order valence-electron chi connectivity index (χ1n) is 13.3. The van der Waals surface area contributed by atoms with Gasteiger partial charge in [-0.3, -0.25) is 9.59 Å². The van der Waals surface area contributed by atoms with Crippen LogP contribution in [0.3, 0.4) is 0 Å². The highest BCUT2D eigenvalue weighted by Gasteiger charge is 2.23. The van der Waals surface area contributed by atoms with Crippen molar-refractivity contribution in [2.45, 2.75) is 44.7 Å². The van der Waals surface area contributed by atoms with Crippen molar-refractivity contribution in [3.8, 4) is 17.6 Å². The Morgan fingerprint density at radius 2 is 2.05 bits per heavy atom. The van der Waals surface area contributed by atoms with Gasteiger partial charge in [-0.05, 0) is 52.4 Å². The van der Waals surface area contributed by atoms with Crippen molar-refractivity contribution < 1.29 is 18.7 Å². The van der Waals surface area contributed by atoms with Crippen LogP contribution in [0, 0.1) is 17.7 Å². The molecule has 3 N–H and O–H groups in total. The lowest BCUT2D eigenvalue weighted by atomic mass is 10.2. The van der Waals surface area contributed by atoms with E-state index in [2.05, 4.69) is 37.8 Å². The average Bonchev–Trinajstić information content (AvgIpc) is 3.74. The van der Waals surface area contributed by atoms with Crippen molar-refractivity contribution in [2.75, 3.05) is 52.0 Å². The number of nitrogens with one attached hydrogen (secondary N) is 3. The fourth-order valence-electron chi connectivity index (χ4n) is 3.48. The Kier molecular flexibility index (Phi) is 11.3. The predicted molar refractivity (Wildman–Crippen MR) is 154 cm³/mol. The monoisotopic (exact) mass is 551 g/mol. The minimum atomic E-state index is -0.586. The number of methoxy groups -OCH3 is 1. The van der Waals surface area contributed by atoms with E-state index in [-0.39, 0.29) is 17.6 Å². The van der Waals surface area contributed by atoms with Crippen LogP contribution in [-0.4, -0.2) is 85.0 Å². The van der Waals surface area contributed by atoms with Gasteiger partial charge in [-0.15, -0.1) is 0 Å². The molecule has 1 saturated carbocycles. The van der Waals surface area contributed by atoms with Crippen molar-refractivity contribution in [1.82, 2.24) is 25.1 Å². The van der Waals surface area contributed by atoms with E-state index in [4.69, 9.17) is 4.74 Å². The summed E-state index contributed by atoms with van der Waals surface area (Å²) in [5, 5.41) is 9.25. The molecule has 1 aromatic heterocycles. The summed E-state index contributed by atoms with van der Waals surface area (Å²) < 4.78 is 19.0. The van der Waals surface area contributed by atoms with Crippen LogP contribution in [0.15, 0.2) is 36.5 Å². The third kappa shape index (κ3) is 9.54. The lowest BCUT2D eigenvalue weighted by Crippen LogP contribution is -2.45. The fourth-order valence-corrected chi connectivity index (χ4v) is 3.48. The van der Waals surface area contributed by atoms with Crippen molar-refractivity contribution in [1.29, 1.82) is 0 Å². The SMILES string of the molecule is COc1ccc(Nc2ncc(C#CCCCNC(=O)[C@H](C)N(C)C(=O)/C=C/CN(C)C)c(NC3CC3)n2)cc1F. The third-order valence-electron chi connectivity index (χ3n) is 6.15. The number of rotatable bonds is 13. The molecule has 2 amide bonds. The van der Waals surface area contributed by atoms with Gasteiger partial charge in [-0.25, -0.2) is 9.37 Å². The summed E-state index contributed by atoms with van der Waals surface area (Å²) in [4.78, 5) is 37.0. The summed E-state index contributed by atoms with van der Waals surface area (Å²) in [6.07, 6.45) is 8.23. The molecule has 0 aliphatic heterocycles. The minimum absolute atomic E-state index is 0.160. The van der Waals surface area contributed by atoms with Gasteiger partial charge in [-0.1, -0.05) is 17.9 Å². The number of anilines is 3. The molecule has 0 saturated heterocycles. The van der Waals surface area contributed by atoms with Crippen molar-refractivity contribution >= 4 is 29.3 Å². The predicted octanol–water partition coefficient (Wildman–Crippen LogP) is 3.15. The summed E-state index contributed by atoms with van der Waals surface area (Å²) in [7, 11) is 6.86. The van der Waals surface area contributed by atoms with Gasteiger partial charge in [0.1, 0.15) is 11.9 Å². The van der Waals surface area contributed by atoms with Gasteiger partial charge >= 0.3 is 0 Å². The quantitative estimate of drug-likeness (QED) is 0.198. The Labute approximate surface area is 235 Å². The molecule has 3 rings (SSSR count). The average molecular weight is 552 g/mol. The van der Waals surface area contributed by atoms with E-state index in [1.54, 1.807) is 32.3 Å². The maximum Gasteiger partial charge on any atom is 0.246 e. The molecule has 1 fully saturated rings. The highest BCUT2D eigenvalue weighted by atomic mass is 19.1. The fraction of sp³-hybridized carbons (Fsp3) is 0.448. The highest BCUT2D eigenvalue weighted by Crippen LogP contribution is 2.27. The molecule has 1 heterocycles. The highest BCUT2D eigenvalue weighted by molar-refractivity contribution is 5.92. The smallest absolute Gasteiger partial charge is 0.246 e. The number of carbonyl (C=O) groups excluding carboxylic acids is 2. The molecular formula is C29H38FN7O3. The van der Waals surface area contributed by atoms with Crippen LogP contribution >= 0.6 is 0 Å². The summed E-state index contributed by atoms with van der Waals surface area (Å²) in [6, 6.07) is 4.31. The maximum absolute atomic E-state index is 14.0. The number of aromatic nitrogens is 2. The number of benzene rings is 1. The third-order valence-corrected chi connectivity index (χ3v) is 6.15. The molecule has 1 aliphatic rings. The van der Waals surface area contributed by atoms with E-state index >= 15 is 0 Å². The molecule has 0 radical (unpaired) electrons. The number of halogens is 1. The molecule has 214 valence electrons. The lowest BCUT2D eigenvalue weighted by molar-refractivity contribution is -0.135. The van der Waals surface area contributed by atoms with Gasteiger partial charge in [0.15, 0.2) is 11.6 Å². The van der Waals surface area contributed by atoms with E-state index in [0.717, 1.165) is 12.8 Å². The normalized spacial score (nSPS) is 13.4. The van der Waals surface area contributed by atoms with Crippen molar-refractivity contribution in [3.63, 3.8) is 0 Å². The molecule has 11 heteroatoms. The summed E-state index contributed by atoms with van der Waals surface area (Å²) in [6.45, 7) is 2.80. The second-order valence-electron chi connectivity index (χ2n) is 9.83. The molecule has 2 aromatic rings. The Bertz CT molecular complexity index is 1270. The lowest BCUT2D eigenvalue weighted by Gasteiger charge is -2.23. The van der Waals surface area contributed by atoms with Crippen LogP contribution in [-0.2, 0) is 9.59 Å². The Morgan fingerprint density at radius 1 is 1.27 bits per heavy atom. The number of hydrogen-bond acceptors (Lipinski definition) is 8. The van der Waals surface area contributed by atoms with Gasteiger partial charge in [0.05, 0.1) is 18.9 Å². The van der Waals surface area contributed by atoms with Gasteiger partial charge in [0.2, 0.25) is 17.8 Å². The topological polar surface area (TPSA) is 112 Å². The maximum atomic E-state index is 14.0. The first-order valence-corrected chi connectivity index (χ1v) is 13.3. The van der Waals surface area contributed by atoms with Crippen LogP contribution in [0.1, 0.15) is 38.2 Å². The van der Waals surface area contributed by atoms with Crippen LogP contribution < -0.4 is 20.7 Å². The number of unbranched alkanes of at least 4 members (excludes halogenated alkanes) is 1. The van der Waals surface area contributed by atoms with Crippen LogP contribution in [0.5, 0.6) is 5.75 Å². The van der Waals surface area contributed by atoms with Crippen molar-refractivity contribution in [3.05, 3.63) is 47.9 Å². The number of amides is 2. The van der Waals surface area contributed by atoms with E-state index in [1.165, 1.54) is 30.2 Å². The van der Waals surface area contributed by atoms with Gasteiger partial charge in [0.25, 0.3) is 0 Å². The largest absolute Gasteiger partial charge is 0.494 e. The zero-order valence-electron chi connectivity index (χ0n) is 23.8. The van der Waals surface area contributed by atoms with Crippen LogP contribution in [0.4, 0.5) is 21.8 Å². The summed E-state index contributed by atoms with van der Waals surface area (Å²) in [5.74, 6) is 6.43. The van der Waals surface area contributed by atoms with Crippen molar-refractivity contribution in [2.24, 2.45) is 0 Å². The number of hydrogen-bond donors (Lipinski definition) is 3. The molecule has 0 unspecified atom stereocenters. The molecule has 1 aliphatic carbocycles. The Balaban J connectivity index is 1.50. The first kappa shape index (κ1) is 30.4. The molecular weight excluding hydrogens is 513 g/mol. The molecule has 10 nitrogen and oxygen atoms in total. The second kappa shape index (κ2) is 14.8. The first-order chi connectivity index (χ1) is 19.2. The van der Waals surface area contributed by atoms with E-state index in [9.17, 15) is 14.0 Å². The van der Waals surface area contributed by atoms with Gasteiger partial charge in [-0.2, -0.15) is 4.98 Å². The standard InChI is InChI=1S/C29H38FN7O3/c1-20(37(4)26(38)11-9-17-36(2)3)28(39)31-16-8-6-7-10-21-19-32-29(35-27(21)33-22-12-13-22)34-23-14-15-25(40-5)24(30)18-23/h9,11,14-15,18-20,22H,6,8,12-13,16-17H2,1-5H3,(H,31,39)(H2,32,33,34,35)/b11-9+/t20-/m0/s1. The number of ether oxygens (including phenoxy) is 1. The molecule has 40 heavy (non-hydrogen) atoms. The van der Waals surface area contributed by atoms with E-state index < -0.39 is 11.9 Å². The number of likely N-dealkylation sites (N-methyl/N-ethyl adjacent to an activating group) is 2. The van der Waals surface area contributed by atoms with Gasteiger partial charge in [0, 0.05) is 50.4 Å². The molecule has 0 spiro atoms. The van der Waals surface area contributed by atoms with Crippen LogP contribution in [0.25, 0.3) is 0 Å². The molecule has 1 aromatic carbocycles. The zero-order chi connectivity index (χ0) is 29.1. The minimum Gasteiger partial charge on any atom is -0.494 e. The summed E-state index contributed by atoms with van der Waals surface area (Å²) >= 11 is 0. The molecule has 1 atom stereocenters. The van der Waals surface area contributed by atoms with E-state index in [0.29, 0.717) is 55.0 Å². The number of nitrogens with zero attached hydrogens (tertiary/aromatic N) is 4. The van der Waals surface area contributed by atoms with Gasteiger partial charge < -0.3 is 30.5 Å². The zero-order valence-corrected chi connectivity index (χ0v) is 23.8. The summed E-state index contributed by atoms with van der Waals surface area (Å²) in [5.41, 5.74) is 1.17. The van der Waals surface area contributed by atoms with E-state index in [1.807, 2.05) is 19.0 Å². The van der Waals surface area contributed by atoms with Crippen LogP contribution in [0.2, 0.25) is 0 Å². The molecule has 0 bridgehead atoms. The Hall–Kier alpha value is -4.17. The Morgan fingerprint density at radius 3 is 2.73 bits per heavy atom. The number of carbonyl (C=O) groups is 2.